The van der Waals surface area contributed by atoms with Gasteiger partial charge in [-0.1, -0.05) is 0 Å². The molecule has 0 radical (unpaired) electrons. The highest BCUT2D eigenvalue weighted by atomic mass is 32.2. The third-order valence-electron chi connectivity index (χ3n) is 1.96. The maximum absolute atomic E-state index is 11.5. The van der Waals surface area contributed by atoms with Gasteiger partial charge in [-0.05, 0) is 32.4 Å². The van der Waals surface area contributed by atoms with Crippen LogP contribution in [0.15, 0.2) is 0 Å². The molecular weight excluding hydrogens is 170 g/mol. The number of carbonyl (C=O) groups is 1. The van der Waals surface area contributed by atoms with Crippen molar-refractivity contribution in [1.29, 1.82) is 0 Å². The van der Waals surface area contributed by atoms with Gasteiger partial charge < -0.3 is 5.32 Å². The van der Waals surface area contributed by atoms with Crippen LogP contribution in [0.5, 0.6) is 0 Å². The first kappa shape index (κ1) is 9.90. The fraction of sp³-hybridized carbons (Fsp3) is 0.889. The lowest BCUT2D eigenvalue weighted by Crippen LogP contribution is -2.37. The van der Waals surface area contributed by atoms with Crippen LogP contribution in [0, 0.1) is 5.92 Å². The Morgan fingerprint density at radius 3 is 2.83 bits per heavy atom. The first-order valence-corrected chi connectivity index (χ1v) is 5.73. The predicted molar refractivity (Wildman–Crippen MR) is 53.3 cm³/mol. The number of rotatable bonds is 2. The molecule has 1 saturated heterocycles. The van der Waals surface area contributed by atoms with Crippen molar-refractivity contribution in [3.05, 3.63) is 0 Å². The first-order chi connectivity index (χ1) is 5.70. The summed E-state index contributed by atoms with van der Waals surface area (Å²) in [6.07, 6.45) is 2.27. The van der Waals surface area contributed by atoms with Crippen molar-refractivity contribution >= 4 is 17.7 Å². The molecule has 0 aromatic rings. The van der Waals surface area contributed by atoms with Gasteiger partial charge in [0.1, 0.15) is 0 Å². The van der Waals surface area contributed by atoms with Crippen molar-refractivity contribution in [2.45, 2.75) is 32.7 Å². The van der Waals surface area contributed by atoms with E-state index in [1.807, 2.05) is 25.6 Å². The number of thioether (sulfide) groups is 1. The van der Waals surface area contributed by atoms with E-state index >= 15 is 0 Å². The van der Waals surface area contributed by atoms with Gasteiger partial charge in [-0.3, -0.25) is 4.79 Å². The van der Waals surface area contributed by atoms with Gasteiger partial charge in [-0.2, -0.15) is 11.8 Å². The second kappa shape index (κ2) is 4.75. The van der Waals surface area contributed by atoms with Gasteiger partial charge in [0.25, 0.3) is 0 Å². The fourth-order valence-corrected chi connectivity index (χ4v) is 2.49. The summed E-state index contributed by atoms with van der Waals surface area (Å²) in [7, 11) is 0. The number of hydrogen-bond donors (Lipinski definition) is 1. The number of carbonyl (C=O) groups excluding carboxylic acids is 1. The molecule has 12 heavy (non-hydrogen) atoms. The molecule has 1 amide bonds. The zero-order chi connectivity index (χ0) is 8.97. The lowest BCUT2D eigenvalue weighted by molar-refractivity contribution is -0.125. The molecule has 1 unspecified atom stereocenters. The minimum atomic E-state index is 0.247. The van der Waals surface area contributed by atoms with E-state index in [9.17, 15) is 4.79 Å². The summed E-state index contributed by atoms with van der Waals surface area (Å²) >= 11 is 1.90. The van der Waals surface area contributed by atoms with E-state index in [1.165, 1.54) is 12.2 Å². The second-order valence-electron chi connectivity index (χ2n) is 3.58. The lowest BCUT2D eigenvalue weighted by atomic mass is 10.0. The van der Waals surface area contributed by atoms with Crippen molar-refractivity contribution in [1.82, 2.24) is 5.32 Å². The third-order valence-corrected chi connectivity index (χ3v) is 3.18. The molecule has 2 nitrogen and oxygen atoms in total. The van der Waals surface area contributed by atoms with Gasteiger partial charge in [0, 0.05) is 17.7 Å². The van der Waals surface area contributed by atoms with Gasteiger partial charge in [-0.15, -0.1) is 0 Å². The Bertz CT molecular complexity index is 153. The van der Waals surface area contributed by atoms with Gasteiger partial charge in [0.15, 0.2) is 0 Å². The molecule has 3 heteroatoms. The van der Waals surface area contributed by atoms with Crippen LogP contribution in [0.2, 0.25) is 0 Å². The van der Waals surface area contributed by atoms with Gasteiger partial charge in [0.2, 0.25) is 5.91 Å². The monoisotopic (exact) mass is 187 g/mol. The molecule has 1 rings (SSSR count). The predicted octanol–water partition coefficient (Wildman–Crippen LogP) is 1.65. The van der Waals surface area contributed by atoms with E-state index in [-0.39, 0.29) is 17.9 Å². The van der Waals surface area contributed by atoms with Gasteiger partial charge in [0.05, 0.1) is 0 Å². The molecule has 0 aliphatic carbocycles. The van der Waals surface area contributed by atoms with E-state index in [0.29, 0.717) is 0 Å². The fourth-order valence-electron chi connectivity index (χ4n) is 1.35. The number of amides is 1. The topological polar surface area (TPSA) is 29.1 Å². The van der Waals surface area contributed by atoms with Crippen molar-refractivity contribution in [3.63, 3.8) is 0 Å². The Hall–Kier alpha value is -0.180. The van der Waals surface area contributed by atoms with E-state index in [0.717, 1.165) is 12.2 Å². The maximum Gasteiger partial charge on any atom is 0.224 e. The summed E-state index contributed by atoms with van der Waals surface area (Å²) in [4.78, 5) is 11.5. The Kier molecular flexibility index (Phi) is 3.92. The van der Waals surface area contributed by atoms with Crippen LogP contribution < -0.4 is 5.32 Å². The highest BCUT2D eigenvalue weighted by Gasteiger charge is 2.21. The summed E-state index contributed by atoms with van der Waals surface area (Å²) in [6.45, 7) is 4.02. The van der Waals surface area contributed by atoms with Crippen LogP contribution in [0.25, 0.3) is 0 Å². The standard InChI is InChI=1S/C9H17NOS/c1-7(2)10-9(11)8-4-3-5-12-6-8/h7-8H,3-6H2,1-2H3,(H,10,11). The molecule has 1 aliphatic heterocycles. The summed E-state index contributed by atoms with van der Waals surface area (Å²) < 4.78 is 0. The molecule has 0 aromatic carbocycles. The van der Waals surface area contributed by atoms with Crippen molar-refractivity contribution in [2.75, 3.05) is 11.5 Å². The molecule has 0 bridgehead atoms. The van der Waals surface area contributed by atoms with E-state index in [2.05, 4.69) is 5.32 Å². The van der Waals surface area contributed by atoms with Crippen LogP contribution in [-0.2, 0) is 4.79 Å². The third kappa shape index (κ3) is 3.05. The van der Waals surface area contributed by atoms with E-state index in [1.54, 1.807) is 0 Å². The molecule has 1 atom stereocenters. The number of hydrogen-bond acceptors (Lipinski definition) is 2. The first-order valence-electron chi connectivity index (χ1n) is 4.58. The Labute approximate surface area is 78.5 Å². The zero-order valence-corrected chi connectivity index (χ0v) is 8.62. The summed E-state index contributed by atoms with van der Waals surface area (Å²) in [5, 5.41) is 2.96. The smallest absolute Gasteiger partial charge is 0.224 e. The average Bonchev–Trinajstić information content (AvgIpc) is 2.05. The molecule has 0 spiro atoms. The van der Waals surface area contributed by atoms with Gasteiger partial charge >= 0.3 is 0 Å². The van der Waals surface area contributed by atoms with Crippen LogP contribution in [-0.4, -0.2) is 23.5 Å². The highest BCUT2D eigenvalue weighted by molar-refractivity contribution is 7.99. The van der Waals surface area contributed by atoms with Crippen molar-refractivity contribution in [2.24, 2.45) is 5.92 Å². The van der Waals surface area contributed by atoms with Crippen LogP contribution in [0.3, 0.4) is 0 Å². The molecule has 0 saturated carbocycles. The maximum atomic E-state index is 11.5. The summed E-state index contributed by atoms with van der Waals surface area (Å²) in [5.41, 5.74) is 0. The Morgan fingerprint density at radius 1 is 1.58 bits per heavy atom. The van der Waals surface area contributed by atoms with Gasteiger partial charge in [-0.25, -0.2) is 0 Å². The summed E-state index contributed by atoms with van der Waals surface area (Å²) in [5.74, 6) is 2.76. The average molecular weight is 187 g/mol. The molecular formula is C9H17NOS. The largest absolute Gasteiger partial charge is 0.354 e. The van der Waals surface area contributed by atoms with Crippen LogP contribution in [0.4, 0.5) is 0 Å². The minimum absolute atomic E-state index is 0.247. The lowest BCUT2D eigenvalue weighted by Gasteiger charge is -2.21. The Balaban J connectivity index is 2.30. The molecule has 1 aliphatic rings. The Morgan fingerprint density at radius 2 is 2.33 bits per heavy atom. The quantitative estimate of drug-likeness (QED) is 0.712. The molecule has 1 heterocycles. The zero-order valence-electron chi connectivity index (χ0n) is 7.80. The minimum Gasteiger partial charge on any atom is -0.354 e. The molecule has 0 aromatic heterocycles. The second-order valence-corrected chi connectivity index (χ2v) is 4.73. The van der Waals surface area contributed by atoms with Crippen LogP contribution >= 0.6 is 11.8 Å². The molecule has 1 N–H and O–H groups in total. The highest BCUT2D eigenvalue weighted by Crippen LogP contribution is 2.22. The van der Waals surface area contributed by atoms with Crippen LogP contribution in [0.1, 0.15) is 26.7 Å². The number of nitrogens with one attached hydrogen (secondary N) is 1. The SMILES string of the molecule is CC(C)NC(=O)C1CCCSC1. The molecule has 70 valence electrons. The van der Waals surface area contributed by atoms with Crippen molar-refractivity contribution < 1.29 is 4.79 Å². The van der Waals surface area contributed by atoms with E-state index < -0.39 is 0 Å². The summed E-state index contributed by atoms with van der Waals surface area (Å²) in [6, 6.07) is 0.282. The molecule has 1 fully saturated rings. The normalized spacial score (nSPS) is 24.1. The van der Waals surface area contributed by atoms with Crippen molar-refractivity contribution in [3.8, 4) is 0 Å². The van der Waals surface area contributed by atoms with E-state index in [4.69, 9.17) is 0 Å².